The number of rotatable bonds is 5. The molecule has 0 radical (unpaired) electrons. The number of carbonyl (C=O) groups excluding carboxylic acids is 2. The van der Waals surface area contributed by atoms with Gasteiger partial charge in [0.15, 0.2) is 0 Å². The van der Waals surface area contributed by atoms with Crippen molar-refractivity contribution in [2.45, 2.75) is 6.92 Å². The van der Waals surface area contributed by atoms with E-state index in [9.17, 15) is 14.4 Å². The lowest BCUT2D eigenvalue weighted by Crippen LogP contribution is -2.43. The van der Waals surface area contributed by atoms with E-state index >= 15 is 0 Å². The number of anilines is 1. The summed E-state index contributed by atoms with van der Waals surface area (Å²) >= 11 is 5.84. The second-order valence-electron chi connectivity index (χ2n) is 4.23. The van der Waals surface area contributed by atoms with Crippen molar-refractivity contribution < 1.29 is 19.5 Å². The van der Waals surface area contributed by atoms with Crippen molar-refractivity contribution in [2.24, 2.45) is 0 Å². The lowest BCUT2D eigenvalue weighted by Gasteiger charge is -2.24. The topological polar surface area (TPSA) is 77.9 Å². The highest BCUT2D eigenvalue weighted by Gasteiger charge is 2.21. The van der Waals surface area contributed by atoms with Gasteiger partial charge in [-0.05, 0) is 18.2 Å². The fourth-order valence-electron chi connectivity index (χ4n) is 1.50. The normalized spacial score (nSPS) is 9.95. The Balaban J connectivity index is 2.97. The summed E-state index contributed by atoms with van der Waals surface area (Å²) in [6.45, 7) is 0.633. The third-order valence-corrected chi connectivity index (χ3v) is 2.86. The Morgan fingerprint density at radius 2 is 1.90 bits per heavy atom. The second kappa shape index (κ2) is 6.91. The molecular weight excluding hydrogens is 284 g/mol. The number of nitrogens with zero attached hydrogens (tertiary/aromatic N) is 2. The van der Waals surface area contributed by atoms with Crippen LogP contribution in [0.2, 0.25) is 5.02 Å². The number of carbonyl (C=O) groups is 3. The highest BCUT2D eigenvalue weighted by atomic mass is 35.5. The van der Waals surface area contributed by atoms with Gasteiger partial charge in [0, 0.05) is 24.7 Å². The average molecular weight is 299 g/mol. The number of aliphatic carboxylic acids is 1. The molecule has 1 aromatic carbocycles. The van der Waals surface area contributed by atoms with Gasteiger partial charge >= 0.3 is 5.97 Å². The molecule has 20 heavy (non-hydrogen) atoms. The molecule has 0 aliphatic heterocycles. The molecule has 1 N–H and O–H groups in total. The molecule has 108 valence electrons. The van der Waals surface area contributed by atoms with Crippen molar-refractivity contribution in [3.63, 3.8) is 0 Å². The molecule has 6 nitrogen and oxygen atoms in total. The molecule has 1 aromatic rings. The third-order valence-electron chi connectivity index (χ3n) is 2.62. The number of hydrogen-bond donors (Lipinski definition) is 1. The van der Waals surface area contributed by atoms with E-state index in [-0.39, 0.29) is 12.5 Å². The molecule has 0 saturated carbocycles. The highest BCUT2D eigenvalue weighted by Crippen LogP contribution is 2.19. The SMILES string of the molecule is CC(=O)N(C)CC(=O)N(CC(=O)O)c1cccc(Cl)c1. The minimum Gasteiger partial charge on any atom is -0.480 e. The standard InChI is InChI=1S/C13H15ClN2O4/c1-9(17)15(2)7-12(18)16(8-13(19)20)11-5-3-4-10(14)6-11/h3-6H,7-8H2,1-2H3,(H,19,20). The molecule has 0 atom stereocenters. The number of halogens is 1. The summed E-state index contributed by atoms with van der Waals surface area (Å²) in [5.74, 6) is -1.92. The van der Waals surface area contributed by atoms with Crippen LogP contribution < -0.4 is 4.90 Å². The zero-order valence-corrected chi connectivity index (χ0v) is 11.9. The van der Waals surface area contributed by atoms with E-state index in [1.54, 1.807) is 18.2 Å². The monoisotopic (exact) mass is 298 g/mol. The number of carboxylic acids is 1. The summed E-state index contributed by atoms with van der Waals surface area (Å²) in [6.07, 6.45) is 0. The number of carboxylic acid groups (broad SMARTS) is 1. The van der Waals surface area contributed by atoms with Gasteiger partial charge in [-0.2, -0.15) is 0 Å². The van der Waals surface area contributed by atoms with Gasteiger partial charge in [-0.25, -0.2) is 0 Å². The fraction of sp³-hybridized carbons (Fsp3) is 0.308. The summed E-state index contributed by atoms with van der Waals surface area (Å²) < 4.78 is 0. The molecule has 1 rings (SSSR count). The van der Waals surface area contributed by atoms with Gasteiger partial charge < -0.3 is 10.0 Å². The zero-order chi connectivity index (χ0) is 15.3. The van der Waals surface area contributed by atoms with Gasteiger partial charge in [-0.1, -0.05) is 17.7 Å². The van der Waals surface area contributed by atoms with Crippen LogP contribution >= 0.6 is 11.6 Å². The maximum atomic E-state index is 12.1. The minimum absolute atomic E-state index is 0.199. The summed E-state index contributed by atoms with van der Waals surface area (Å²) in [6, 6.07) is 6.32. The Morgan fingerprint density at radius 3 is 2.40 bits per heavy atom. The van der Waals surface area contributed by atoms with E-state index < -0.39 is 18.4 Å². The molecular formula is C13H15ClN2O4. The first kappa shape index (κ1) is 16.0. The zero-order valence-electron chi connectivity index (χ0n) is 11.2. The Hall–Kier alpha value is -2.08. The van der Waals surface area contributed by atoms with Crippen LogP contribution in [0.1, 0.15) is 6.92 Å². The van der Waals surface area contributed by atoms with Crippen LogP contribution in [0.3, 0.4) is 0 Å². The van der Waals surface area contributed by atoms with Gasteiger partial charge in [0.1, 0.15) is 6.54 Å². The minimum atomic E-state index is -1.15. The van der Waals surface area contributed by atoms with Crippen LogP contribution in [-0.4, -0.2) is 47.9 Å². The van der Waals surface area contributed by atoms with Gasteiger partial charge in [0.25, 0.3) is 0 Å². The molecule has 2 amide bonds. The smallest absolute Gasteiger partial charge is 0.323 e. The van der Waals surface area contributed by atoms with E-state index in [2.05, 4.69) is 0 Å². The van der Waals surface area contributed by atoms with Crippen LogP contribution in [0.15, 0.2) is 24.3 Å². The Kier molecular flexibility index (Phi) is 5.52. The largest absolute Gasteiger partial charge is 0.480 e. The first-order valence-electron chi connectivity index (χ1n) is 5.80. The van der Waals surface area contributed by atoms with Crippen LogP contribution in [-0.2, 0) is 14.4 Å². The maximum absolute atomic E-state index is 12.1. The lowest BCUT2D eigenvalue weighted by atomic mass is 10.2. The Morgan fingerprint density at radius 1 is 1.25 bits per heavy atom. The number of amides is 2. The van der Waals surface area contributed by atoms with Gasteiger partial charge in [-0.3, -0.25) is 19.3 Å². The third kappa shape index (κ3) is 4.55. The summed E-state index contributed by atoms with van der Waals surface area (Å²) in [5, 5.41) is 9.29. The van der Waals surface area contributed by atoms with Crippen molar-refractivity contribution in [3.05, 3.63) is 29.3 Å². The molecule has 0 spiro atoms. The summed E-state index contributed by atoms with van der Waals surface area (Å²) in [5.41, 5.74) is 0.377. The van der Waals surface area contributed by atoms with Gasteiger partial charge in [0.2, 0.25) is 11.8 Å². The van der Waals surface area contributed by atoms with Crippen molar-refractivity contribution in [1.82, 2.24) is 4.90 Å². The van der Waals surface area contributed by atoms with Crippen molar-refractivity contribution in [3.8, 4) is 0 Å². The highest BCUT2D eigenvalue weighted by molar-refractivity contribution is 6.31. The van der Waals surface area contributed by atoms with E-state index in [0.29, 0.717) is 10.7 Å². The summed E-state index contributed by atoms with van der Waals surface area (Å²) in [7, 11) is 1.47. The molecule has 0 bridgehead atoms. The molecule has 0 saturated heterocycles. The fourth-order valence-corrected chi connectivity index (χ4v) is 1.69. The quantitative estimate of drug-likeness (QED) is 0.887. The maximum Gasteiger partial charge on any atom is 0.323 e. The van der Waals surface area contributed by atoms with Crippen LogP contribution in [0.5, 0.6) is 0 Å². The van der Waals surface area contributed by atoms with E-state index in [1.165, 1.54) is 24.9 Å². The first-order chi connectivity index (χ1) is 9.31. The molecule has 0 aliphatic rings. The molecule has 0 unspecified atom stereocenters. The van der Waals surface area contributed by atoms with Gasteiger partial charge in [-0.15, -0.1) is 0 Å². The van der Waals surface area contributed by atoms with Gasteiger partial charge in [0.05, 0.1) is 6.54 Å². The molecule has 0 fully saturated rings. The molecule has 0 heterocycles. The van der Waals surface area contributed by atoms with E-state index in [1.807, 2.05) is 0 Å². The Labute approximate surface area is 121 Å². The van der Waals surface area contributed by atoms with Crippen molar-refractivity contribution >= 4 is 35.1 Å². The first-order valence-corrected chi connectivity index (χ1v) is 6.18. The summed E-state index contributed by atoms with van der Waals surface area (Å²) in [4.78, 5) is 36.4. The van der Waals surface area contributed by atoms with E-state index in [4.69, 9.17) is 16.7 Å². The predicted molar refractivity (Wildman–Crippen MR) is 74.8 cm³/mol. The molecule has 7 heteroatoms. The second-order valence-corrected chi connectivity index (χ2v) is 4.67. The average Bonchev–Trinajstić information content (AvgIpc) is 2.35. The predicted octanol–water partition coefficient (Wildman–Crippen LogP) is 1.24. The van der Waals surface area contributed by atoms with Crippen molar-refractivity contribution in [1.29, 1.82) is 0 Å². The van der Waals surface area contributed by atoms with Crippen LogP contribution in [0.25, 0.3) is 0 Å². The lowest BCUT2D eigenvalue weighted by molar-refractivity contribution is -0.137. The van der Waals surface area contributed by atoms with Crippen molar-refractivity contribution in [2.75, 3.05) is 25.0 Å². The van der Waals surface area contributed by atoms with Crippen LogP contribution in [0.4, 0.5) is 5.69 Å². The Bertz CT molecular complexity index is 533. The number of likely N-dealkylation sites (N-methyl/N-ethyl adjacent to an activating group) is 1. The number of benzene rings is 1. The molecule has 0 aliphatic carbocycles. The molecule has 0 aromatic heterocycles. The van der Waals surface area contributed by atoms with E-state index in [0.717, 1.165) is 4.90 Å². The number of hydrogen-bond acceptors (Lipinski definition) is 3. The van der Waals surface area contributed by atoms with Crippen LogP contribution in [0, 0.1) is 0 Å².